The van der Waals surface area contributed by atoms with Crippen LogP contribution in [0.15, 0.2) is 18.2 Å². The molecule has 0 bridgehead atoms. The van der Waals surface area contributed by atoms with Gasteiger partial charge >= 0.3 is 5.97 Å². The molecule has 1 aromatic carbocycles. The van der Waals surface area contributed by atoms with Crippen LogP contribution >= 0.6 is 0 Å². The highest BCUT2D eigenvalue weighted by molar-refractivity contribution is 5.76. The van der Waals surface area contributed by atoms with Crippen molar-refractivity contribution in [1.29, 1.82) is 0 Å². The van der Waals surface area contributed by atoms with Crippen LogP contribution in [-0.4, -0.2) is 36.7 Å². The van der Waals surface area contributed by atoms with Crippen molar-refractivity contribution in [1.82, 2.24) is 0 Å². The standard InChI is InChI=1S/C8H6O3.C6H13N.C2H5NO2/c9-4-6-1-2-7-8(3-6)11-5-10-7;7-6-4-2-1-3-5-6;3-1-2(4)5/h1-4H,5H2;6H,1-5,7H2;1,3H2,(H,4,5). The first-order valence-corrected chi connectivity index (χ1v) is 7.59. The number of ether oxygens (including phenoxy) is 2. The molecule has 23 heavy (non-hydrogen) atoms. The Morgan fingerprint density at radius 1 is 1.22 bits per heavy atom. The Bertz CT molecular complexity index is 501. The predicted molar refractivity (Wildman–Crippen MR) is 85.7 cm³/mol. The minimum absolute atomic E-state index is 0.248. The first-order valence-electron chi connectivity index (χ1n) is 7.59. The summed E-state index contributed by atoms with van der Waals surface area (Å²) in [6.07, 6.45) is 7.44. The number of rotatable bonds is 2. The molecule has 0 radical (unpaired) electrons. The van der Waals surface area contributed by atoms with E-state index in [0.717, 1.165) is 6.29 Å². The largest absolute Gasteiger partial charge is 0.480 e. The van der Waals surface area contributed by atoms with Crippen molar-refractivity contribution in [3.63, 3.8) is 0 Å². The number of nitrogens with two attached hydrogens (primary N) is 2. The van der Waals surface area contributed by atoms with E-state index in [4.69, 9.17) is 20.3 Å². The van der Waals surface area contributed by atoms with Crippen LogP contribution in [0.5, 0.6) is 11.5 Å². The summed E-state index contributed by atoms with van der Waals surface area (Å²) in [5.74, 6) is 0.384. The number of hydrogen-bond acceptors (Lipinski definition) is 6. The molecule has 5 N–H and O–H groups in total. The molecule has 7 heteroatoms. The summed E-state index contributed by atoms with van der Waals surface area (Å²) in [7, 11) is 0. The number of carboxylic acids is 1. The molecule has 0 aromatic heterocycles. The fourth-order valence-corrected chi connectivity index (χ4v) is 2.12. The number of carboxylic acid groups (broad SMARTS) is 1. The molecular formula is C16H24N2O5. The number of carbonyl (C=O) groups excluding carboxylic acids is 1. The summed E-state index contributed by atoms with van der Waals surface area (Å²) in [4.78, 5) is 19.6. The second-order valence-corrected chi connectivity index (χ2v) is 5.23. The maximum atomic E-state index is 10.3. The van der Waals surface area contributed by atoms with Crippen molar-refractivity contribution in [2.75, 3.05) is 13.3 Å². The Morgan fingerprint density at radius 3 is 2.30 bits per heavy atom. The van der Waals surface area contributed by atoms with E-state index in [2.05, 4.69) is 5.73 Å². The third kappa shape index (κ3) is 7.62. The molecule has 128 valence electrons. The number of carbonyl (C=O) groups is 2. The maximum Gasteiger partial charge on any atom is 0.317 e. The van der Waals surface area contributed by atoms with Crippen molar-refractivity contribution in [2.24, 2.45) is 11.5 Å². The van der Waals surface area contributed by atoms with Gasteiger partial charge in [0.05, 0.1) is 6.54 Å². The van der Waals surface area contributed by atoms with E-state index in [0.29, 0.717) is 23.1 Å². The minimum Gasteiger partial charge on any atom is -0.480 e. The Hall–Kier alpha value is -2.12. The van der Waals surface area contributed by atoms with Crippen molar-refractivity contribution in [3.8, 4) is 11.5 Å². The number of aldehydes is 1. The van der Waals surface area contributed by atoms with E-state index in [1.807, 2.05) is 0 Å². The molecule has 2 aliphatic rings. The zero-order valence-electron chi connectivity index (χ0n) is 13.1. The lowest BCUT2D eigenvalue weighted by atomic mass is 9.97. The average molecular weight is 324 g/mol. The molecule has 0 saturated heterocycles. The molecule has 1 heterocycles. The highest BCUT2D eigenvalue weighted by atomic mass is 16.7. The lowest BCUT2D eigenvalue weighted by molar-refractivity contribution is -0.135. The van der Waals surface area contributed by atoms with Crippen LogP contribution in [0.2, 0.25) is 0 Å². The van der Waals surface area contributed by atoms with Gasteiger partial charge in [0.2, 0.25) is 6.79 Å². The van der Waals surface area contributed by atoms with Gasteiger partial charge in [0.1, 0.15) is 6.29 Å². The van der Waals surface area contributed by atoms with E-state index in [1.54, 1.807) is 18.2 Å². The van der Waals surface area contributed by atoms with Gasteiger partial charge in [-0.25, -0.2) is 0 Å². The summed E-state index contributed by atoms with van der Waals surface area (Å²) in [5, 5.41) is 7.60. The van der Waals surface area contributed by atoms with Crippen molar-refractivity contribution in [3.05, 3.63) is 23.8 Å². The van der Waals surface area contributed by atoms with Crippen LogP contribution < -0.4 is 20.9 Å². The van der Waals surface area contributed by atoms with Crippen molar-refractivity contribution >= 4 is 12.3 Å². The van der Waals surface area contributed by atoms with Crippen LogP contribution in [-0.2, 0) is 4.79 Å². The van der Waals surface area contributed by atoms with Crippen molar-refractivity contribution in [2.45, 2.75) is 38.1 Å². The minimum atomic E-state index is -0.968. The van der Waals surface area contributed by atoms with Crippen LogP contribution in [0, 0.1) is 0 Å². The number of hydrogen-bond donors (Lipinski definition) is 3. The fourth-order valence-electron chi connectivity index (χ4n) is 2.12. The van der Waals surface area contributed by atoms with E-state index in [1.165, 1.54) is 32.1 Å². The molecule has 0 atom stereocenters. The summed E-state index contributed by atoms with van der Waals surface area (Å²) in [6.45, 7) is -0.0301. The van der Waals surface area contributed by atoms with E-state index < -0.39 is 5.97 Å². The molecular weight excluding hydrogens is 300 g/mol. The lowest BCUT2D eigenvalue weighted by Crippen LogP contribution is -2.22. The Balaban J connectivity index is 0.000000191. The van der Waals surface area contributed by atoms with Gasteiger partial charge in [-0.05, 0) is 31.0 Å². The number of fused-ring (bicyclic) bond motifs is 1. The Labute approximate surface area is 135 Å². The summed E-state index contributed by atoms with van der Waals surface area (Å²) < 4.78 is 10.1. The van der Waals surface area contributed by atoms with Crippen LogP contribution in [0.4, 0.5) is 0 Å². The van der Waals surface area contributed by atoms with Gasteiger partial charge in [0.15, 0.2) is 11.5 Å². The van der Waals surface area contributed by atoms with E-state index >= 15 is 0 Å². The first-order chi connectivity index (χ1) is 11.1. The fraction of sp³-hybridized carbons (Fsp3) is 0.500. The number of benzene rings is 1. The third-order valence-corrected chi connectivity index (χ3v) is 3.36. The molecule has 1 aromatic rings. The highest BCUT2D eigenvalue weighted by Gasteiger charge is 2.12. The first kappa shape index (κ1) is 18.9. The summed E-state index contributed by atoms with van der Waals surface area (Å²) in [6, 6.07) is 5.62. The van der Waals surface area contributed by atoms with Crippen LogP contribution in [0.3, 0.4) is 0 Å². The molecule has 0 spiro atoms. The number of aliphatic carboxylic acids is 1. The average Bonchev–Trinajstić information content (AvgIpc) is 3.04. The Morgan fingerprint density at radius 2 is 1.83 bits per heavy atom. The zero-order valence-corrected chi connectivity index (χ0v) is 13.1. The SMILES string of the molecule is NC1CCCCC1.NCC(=O)O.O=Cc1ccc2c(c1)OCO2. The molecule has 1 aliphatic carbocycles. The molecule has 0 amide bonds. The lowest BCUT2D eigenvalue weighted by Gasteiger charge is -2.15. The molecule has 3 rings (SSSR count). The summed E-state index contributed by atoms with van der Waals surface area (Å²) in [5.41, 5.74) is 10.8. The summed E-state index contributed by atoms with van der Waals surface area (Å²) >= 11 is 0. The zero-order chi connectivity index (χ0) is 17.1. The molecule has 1 fully saturated rings. The van der Waals surface area contributed by atoms with Crippen LogP contribution in [0.1, 0.15) is 42.5 Å². The molecule has 0 unspecified atom stereocenters. The van der Waals surface area contributed by atoms with Gasteiger partial charge in [0.25, 0.3) is 0 Å². The maximum absolute atomic E-state index is 10.3. The van der Waals surface area contributed by atoms with Gasteiger partial charge in [-0.2, -0.15) is 0 Å². The van der Waals surface area contributed by atoms with Gasteiger partial charge < -0.3 is 26.0 Å². The van der Waals surface area contributed by atoms with Gasteiger partial charge in [-0.1, -0.05) is 19.3 Å². The Kier molecular flexibility index (Phi) is 8.71. The smallest absolute Gasteiger partial charge is 0.317 e. The highest BCUT2D eigenvalue weighted by Crippen LogP contribution is 2.31. The van der Waals surface area contributed by atoms with Crippen LogP contribution in [0.25, 0.3) is 0 Å². The van der Waals surface area contributed by atoms with Gasteiger partial charge in [-0.3, -0.25) is 9.59 Å². The molecule has 7 nitrogen and oxygen atoms in total. The van der Waals surface area contributed by atoms with E-state index in [-0.39, 0.29) is 13.3 Å². The van der Waals surface area contributed by atoms with E-state index in [9.17, 15) is 9.59 Å². The second-order valence-electron chi connectivity index (χ2n) is 5.23. The molecule has 1 saturated carbocycles. The third-order valence-electron chi connectivity index (χ3n) is 3.36. The van der Waals surface area contributed by atoms with Crippen molar-refractivity contribution < 1.29 is 24.2 Å². The quantitative estimate of drug-likeness (QED) is 0.704. The predicted octanol–water partition coefficient (Wildman–Crippen LogP) is 1.54. The van der Waals surface area contributed by atoms with Gasteiger partial charge in [0, 0.05) is 11.6 Å². The normalized spacial score (nSPS) is 15.6. The monoisotopic (exact) mass is 324 g/mol. The van der Waals surface area contributed by atoms with Gasteiger partial charge in [-0.15, -0.1) is 0 Å². The second kappa shape index (κ2) is 10.6. The molecule has 1 aliphatic heterocycles. The topological polar surface area (TPSA) is 125 Å².